The highest BCUT2D eigenvalue weighted by atomic mass is 35.5. The van der Waals surface area contributed by atoms with Crippen molar-refractivity contribution in [3.8, 4) is 0 Å². The Hall–Kier alpha value is -2.37. The second-order valence-electron chi connectivity index (χ2n) is 5.38. The third-order valence-electron chi connectivity index (χ3n) is 3.20. The first-order chi connectivity index (χ1) is 11.9. The first-order valence-electron chi connectivity index (χ1n) is 6.94. The molecule has 0 bridgehead atoms. The van der Waals surface area contributed by atoms with Crippen LogP contribution in [-0.2, 0) is 20.0 Å². The Morgan fingerprint density at radius 1 is 1.04 bits per heavy atom. The second-order valence-corrected chi connectivity index (χ2v) is 9.22. The van der Waals surface area contributed by atoms with Gasteiger partial charge in [-0.3, -0.25) is 19.6 Å². The first kappa shape index (κ1) is 19.9. The molecule has 0 radical (unpaired) electrons. The number of sulfonamides is 2. The summed E-state index contributed by atoms with van der Waals surface area (Å²) in [5.41, 5.74) is 0.159. The summed E-state index contributed by atoms with van der Waals surface area (Å²) in [6.07, 6.45) is 0.949. The van der Waals surface area contributed by atoms with Crippen molar-refractivity contribution in [2.75, 3.05) is 15.7 Å². The van der Waals surface area contributed by atoms with Crippen LogP contribution >= 0.6 is 11.6 Å². The van der Waals surface area contributed by atoms with E-state index in [1.165, 1.54) is 37.3 Å². The lowest BCUT2D eigenvalue weighted by atomic mass is 10.2. The topological polar surface area (TPSA) is 135 Å². The number of benzene rings is 2. The number of rotatable bonds is 6. The molecule has 0 aliphatic rings. The fourth-order valence-electron chi connectivity index (χ4n) is 2.03. The van der Waals surface area contributed by atoms with E-state index in [4.69, 9.17) is 11.6 Å². The number of hydrogen-bond acceptors (Lipinski definition) is 6. The molecule has 2 N–H and O–H groups in total. The fraction of sp³-hybridized carbons (Fsp3) is 0.143. The number of aryl methyl sites for hydroxylation is 1. The van der Waals surface area contributed by atoms with Gasteiger partial charge in [0.1, 0.15) is 0 Å². The van der Waals surface area contributed by atoms with Gasteiger partial charge in [-0.1, -0.05) is 17.7 Å². The molecule has 0 unspecified atom stereocenters. The van der Waals surface area contributed by atoms with Crippen molar-refractivity contribution >= 4 is 48.7 Å². The number of anilines is 2. The van der Waals surface area contributed by atoms with Crippen LogP contribution in [0.25, 0.3) is 0 Å². The molecule has 26 heavy (non-hydrogen) atoms. The van der Waals surface area contributed by atoms with Crippen LogP contribution in [0.5, 0.6) is 0 Å². The molecule has 0 atom stereocenters. The maximum atomic E-state index is 12.4. The lowest BCUT2D eigenvalue weighted by Crippen LogP contribution is -2.14. The van der Waals surface area contributed by atoms with Crippen LogP contribution in [0.3, 0.4) is 0 Å². The van der Waals surface area contributed by atoms with Crippen molar-refractivity contribution in [2.24, 2.45) is 0 Å². The Balaban J connectivity index is 2.34. The maximum absolute atomic E-state index is 12.4. The van der Waals surface area contributed by atoms with Crippen molar-refractivity contribution in [3.05, 3.63) is 57.1 Å². The molecule has 0 fully saturated rings. The predicted molar refractivity (Wildman–Crippen MR) is 98.6 cm³/mol. The number of nitrogens with one attached hydrogen (secondary N) is 2. The van der Waals surface area contributed by atoms with Crippen LogP contribution in [0.4, 0.5) is 17.1 Å². The van der Waals surface area contributed by atoms with Gasteiger partial charge in [0.05, 0.1) is 32.5 Å². The number of nitrogens with zero attached hydrogens (tertiary/aromatic N) is 1. The zero-order chi connectivity index (χ0) is 19.7. The summed E-state index contributed by atoms with van der Waals surface area (Å²) in [6, 6.07) is 7.34. The van der Waals surface area contributed by atoms with E-state index >= 15 is 0 Å². The van der Waals surface area contributed by atoms with Crippen molar-refractivity contribution in [1.29, 1.82) is 0 Å². The minimum atomic E-state index is -4.10. The molecule has 9 nitrogen and oxygen atoms in total. The minimum absolute atomic E-state index is 0.0227. The van der Waals surface area contributed by atoms with Gasteiger partial charge in [0.2, 0.25) is 10.0 Å². The molecule has 0 saturated heterocycles. The molecule has 0 aromatic heterocycles. The van der Waals surface area contributed by atoms with Crippen LogP contribution < -0.4 is 9.44 Å². The molecule has 140 valence electrons. The van der Waals surface area contributed by atoms with Crippen LogP contribution in [0, 0.1) is 17.0 Å². The molecule has 0 amide bonds. The Bertz CT molecular complexity index is 1080. The molecule has 0 saturated carbocycles. The molecule has 2 aromatic rings. The average molecular weight is 420 g/mol. The van der Waals surface area contributed by atoms with Crippen molar-refractivity contribution < 1.29 is 21.8 Å². The molecule has 2 aromatic carbocycles. The van der Waals surface area contributed by atoms with Gasteiger partial charge in [0.25, 0.3) is 15.7 Å². The summed E-state index contributed by atoms with van der Waals surface area (Å²) < 4.78 is 51.7. The van der Waals surface area contributed by atoms with E-state index in [9.17, 15) is 26.9 Å². The molecule has 0 aliphatic heterocycles. The molecule has 2 rings (SSSR count). The highest BCUT2D eigenvalue weighted by Gasteiger charge is 2.20. The van der Waals surface area contributed by atoms with Crippen LogP contribution in [-0.4, -0.2) is 28.0 Å². The van der Waals surface area contributed by atoms with Gasteiger partial charge in [0, 0.05) is 11.6 Å². The highest BCUT2D eigenvalue weighted by Crippen LogP contribution is 2.28. The summed E-state index contributed by atoms with van der Waals surface area (Å²) in [5.74, 6) is 0. The van der Waals surface area contributed by atoms with E-state index in [1.807, 2.05) is 0 Å². The van der Waals surface area contributed by atoms with Crippen molar-refractivity contribution in [2.45, 2.75) is 11.8 Å². The second kappa shape index (κ2) is 7.09. The monoisotopic (exact) mass is 419 g/mol. The van der Waals surface area contributed by atoms with Gasteiger partial charge in [0.15, 0.2) is 0 Å². The van der Waals surface area contributed by atoms with E-state index in [1.54, 1.807) is 0 Å². The quantitative estimate of drug-likeness (QED) is 0.545. The van der Waals surface area contributed by atoms with Gasteiger partial charge in [-0.2, -0.15) is 0 Å². The lowest BCUT2D eigenvalue weighted by molar-refractivity contribution is -0.385. The van der Waals surface area contributed by atoms with E-state index < -0.39 is 25.0 Å². The highest BCUT2D eigenvalue weighted by molar-refractivity contribution is 7.92. The number of halogens is 1. The van der Waals surface area contributed by atoms with Crippen LogP contribution in [0.2, 0.25) is 5.02 Å². The number of nitro groups is 1. The van der Waals surface area contributed by atoms with Gasteiger partial charge in [-0.05, 0) is 31.2 Å². The summed E-state index contributed by atoms with van der Waals surface area (Å²) in [5, 5.41) is 10.9. The van der Waals surface area contributed by atoms with E-state index in [2.05, 4.69) is 9.44 Å². The Morgan fingerprint density at radius 3 is 2.23 bits per heavy atom. The lowest BCUT2D eigenvalue weighted by Gasteiger charge is -2.11. The van der Waals surface area contributed by atoms with Gasteiger partial charge in [-0.15, -0.1) is 0 Å². The average Bonchev–Trinajstić information content (AvgIpc) is 2.48. The van der Waals surface area contributed by atoms with Gasteiger partial charge in [-0.25, -0.2) is 16.8 Å². The molecule has 0 spiro atoms. The first-order valence-corrected chi connectivity index (χ1v) is 10.7. The minimum Gasteiger partial charge on any atom is -0.282 e. The third kappa shape index (κ3) is 4.84. The molecule has 0 aliphatic carbocycles. The Morgan fingerprint density at radius 2 is 1.69 bits per heavy atom. The van der Waals surface area contributed by atoms with E-state index in [0.29, 0.717) is 5.56 Å². The summed E-state index contributed by atoms with van der Waals surface area (Å²) in [4.78, 5) is 10.0. The van der Waals surface area contributed by atoms with Crippen LogP contribution in [0.15, 0.2) is 41.3 Å². The van der Waals surface area contributed by atoms with Crippen LogP contribution in [0.1, 0.15) is 5.56 Å². The molecule has 0 heterocycles. The summed E-state index contributed by atoms with van der Waals surface area (Å²) >= 11 is 5.95. The van der Waals surface area contributed by atoms with Crippen molar-refractivity contribution in [1.82, 2.24) is 0 Å². The van der Waals surface area contributed by atoms with Gasteiger partial charge < -0.3 is 0 Å². The standard InChI is InChI=1S/C14H14ClN3O6S2/c1-9-3-5-11(8-14(9)18(19)20)26(23,24)16-10-4-6-13(12(15)7-10)17-25(2,21)22/h3-8,16-17H,1-2H3. The number of hydrogen-bond donors (Lipinski definition) is 2. The normalized spacial score (nSPS) is 11.8. The Kier molecular flexibility index (Phi) is 5.44. The number of nitro benzene ring substituents is 1. The SMILES string of the molecule is Cc1ccc(S(=O)(=O)Nc2ccc(NS(C)(=O)=O)c(Cl)c2)cc1[N+](=O)[O-]. The molecular formula is C14H14ClN3O6S2. The summed E-state index contributed by atoms with van der Waals surface area (Å²) in [6.45, 7) is 1.50. The zero-order valence-electron chi connectivity index (χ0n) is 13.6. The molecular weight excluding hydrogens is 406 g/mol. The smallest absolute Gasteiger partial charge is 0.273 e. The maximum Gasteiger partial charge on any atom is 0.273 e. The Labute approximate surface area is 155 Å². The van der Waals surface area contributed by atoms with E-state index in [0.717, 1.165) is 12.3 Å². The third-order valence-corrected chi connectivity index (χ3v) is 5.49. The largest absolute Gasteiger partial charge is 0.282 e. The molecule has 12 heteroatoms. The zero-order valence-corrected chi connectivity index (χ0v) is 15.9. The predicted octanol–water partition coefficient (Wildman–Crippen LogP) is 2.73. The van der Waals surface area contributed by atoms with E-state index in [-0.39, 0.29) is 27.0 Å². The van der Waals surface area contributed by atoms with Crippen molar-refractivity contribution in [3.63, 3.8) is 0 Å². The van der Waals surface area contributed by atoms with Gasteiger partial charge >= 0.3 is 0 Å². The summed E-state index contributed by atoms with van der Waals surface area (Å²) in [7, 11) is -7.65. The fourth-order valence-corrected chi connectivity index (χ4v) is 3.96.